The van der Waals surface area contributed by atoms with Crippen molar-refractivity contribution in [2.75, 3.05) is 18.6 Å². The van der Waals surface area contributed by atoms with Crippen molar-refractivity contribution in [2.24, 2.45) is 4.99 Å². The quantitative estimate of drug-likeness (QED) is 0.734. The first-order valence-electron chi connectivity index (χ1n) is 8.75. The molecule has 0 N–H and O–H groups in total. The molecule has 0 aromatic heterocycles. The second kappa shape index (κ2) is 5.66. The van der Waals surface area contributed by atoms with E-state index in [2.05, 4.69) is 61.2 Å². The highest BCUT2D eigenvalue weighted by Gasteiger charge is 2.39. The molecule has 0 amide bonds. The molecule has 0 saturated heterocycles. The van der Waals surface area contributed by atoms with Gasteiger partial charge in [0.25, 0.3) is 0 Å². The van der Waals surface area contributed by atoms with Gasteiger partial charge >= 0.3 is 0 Å². The van der Waals surface area contributed by atoms with E-state index in [1.807, 2.05) is 0 Å². The van der Waals surface area contributed by atoms with Crippen LogP contribution >= 0.6 is 0 Å². The first-order chi connectivity index (χ1) is 11.6. The summed E-state index contributed by atoms with van der Waals surface area (Å²) in [6.45, 7) is 5.51. The molecule has 0 spiro atoms. The molecule has 0 fully saturated rings. The minimum Gasteiger partial charge on any atom is -0.495 e. The van der Waals surface area contributed by atoms with Gasteiger partial charge in [-0.05, 0) is 36.1 Å². The Labute approximate surface area is 144 Å². The number of rotatable bonds is 1. The van der Waals surface area contributed by atoms with E-state index in [1.165, 1.54) is 29.7 Å². The van der Waals surface area contributed by atoms with Gasteiger partial charge < -0.3 is 4.74 Å². The predicted octanol–water partition coefficient (Wildman–Crippen LogP) is 5.06. The maximum Gasteiger partial charge on any atom is 0.143 e. The van der Waals surface area contributed by atoms with Gasteiger partial charge in [0.05, 0.1) is 18.5 Å². The van der Waals surface area contributed by atoms with Gasteiger partial charge in [-0.3, -0.25) is 9.89 Å². The van der Waals surface area contributed by atoms with Crippen LogP contribution < -0.4 is 9.64 Å². The van der Waals surface area contributed by atoms with Crippen molar-refractivity contribution in [3.63, 3.8) is 0 Å². The van der Waals surface area contributed by atoms with E-state index in [0.29, 0.717) is 0 Å². The molecule has 2 aliphatic rings. The number of hydrogen-bond donors (Lipinski definition) is 0. The van der Waals surface area contributed by atoms with Crippen LogP contribution in [0, 0.1) is 0 Å². The fourth-order valence-corrected chi connectivity index (χ4v) is 4.02. The number of anilines is 2. The maximum atomic E-state index is 5.75. The van der Waals surface area contributed by atoms with E-state index in [1.54, 1.807) is 7.11 Å². The van der Waals surface area contributed by atoms with Gasteiger partial charge in [0, 0.05) is 18.4 Å². The number of methoxy groups -OCH3 is 1. The second-order valence-electron chi connectivity index (χ2n) is 7.09. The Bertz CT molecular complexity index is 807. The molecule has 2 aromatic carbocycles. The lowest BCUT2D eigenvalue weighted by Crippen LogP contribution is -2.37. The van der Waals surface area contributed by atoms with Crippen LogP contribution in [0.25, 0.3) is 0 Å². The Kier molecular flexibility index (Phi) is 3.60. The van der Waals surface area contributed by atoms with Crippen LogP contribution in [0.2, 0.25) is 0 Å². The largest absolute Gasteiger partial charge is 0.495 e. The first kappa shape index (κ1) is 15.3. The van der Waals surface area contributed by atoms with Gasteiger partial charge in [-0.25, -0.2) is 0 Å². The molecule has 0 atom stereocenters. The predicted molar refractivity (Wildman–Crippen MR) is 99.9 cm³/mol. The highest BCUT2D eigenvalue weighted by molar-refractivity contribution is 6.08. The first-order valence-corrected chi connectivity index (χ1v) is 8.75. The normalized spacial score (nSPS) is 18.5. The van der Waals surface area contributed by atoms with Crippen molar-refractivity contribution < 1.29 is 4.74 Å². The van der Waals surface area contributed by atoms with Crippen LogP contribution in [0.4, 0.5) is 11.4 Å². The van der Waals surface area contributed by atoms with Crippen LogP contribution in [0.15, 0.2) is 47.5 Å². The maximum absolute atomic E-state index is 5.75. The van der Waals surface area contributed by atoms with Crippen molar-refractivity contribution in [3.8, 4) is 5.75 Å². The average molecular weight is 320 g/mol. The zero-order valence-electron chi connectivity index (χ0n) is 14.7. The van der Waals surface area contributed by atoms with Crippen LogP contribution in [0.5, 0.6) is 5.75 Å². The number of amidine groups is 1. The summed E-state index contributed by atoms with van der Waals surface area (Å²) in [6.07, 6.45) is 3.40. The molecule has 0 radical (unpaired) electrons. The molecular formula is C21H24N2O. The van der Waals surface area contributed by atoms with E-state index >= 15 is 0 Å². The SMILES string of the molecule is COc1cccc2c1N(C1=NCCCC1)c1ccccc1C2(C)C. The van der Waals surface area contributed by atoms with Gasteiger partial charge in [0.2, 0.25) is 0 Å². The van der Waals surface area contributed by atoms with Crippen molar-refractivity contribution >= 4 is 17.2 Å². The topological polar surface area (TPSA) is 24.8 Å². The van der Waals surface area contributed by atoms with Gasteiger partial charge in [0.15, 0.2) is 0 Å². The van der Waals surface area contributed by atoms with Crippen LogP contribution in [-0.4, -0.2) is 19.5 Å². The molecule has 0 aliphatic carbocycles. The Morgan fingerprint density at radius 3 is 2.54 bits per heavy atom. The second-order valence-corrected chi connectivity index (χ2v) is 7.09. The minimum atomic E-state index is -0.0633. The van der Waals surface area contributed by atoms with E-state index in [9.17, 15) is 0 Å². The zero-order valence-corrected chi connectivity index (χ0v) is 14.7. The molecule has 3 heteroatoms. The van der Waals surface area contributed by atoms with Crippen molar-refractivity contribution in [2.45, 2.75) is 38.5 Å². The number of aliphatic imine (C=N–C) groups is 1. The number of ether oxygens (including phenoxy) is 1. The fraction of sp³-hybridized carbons (Fsp3) is 0.381. The Balaban J connectivity index is 2.03. The van der Waals surface area contributed by atoms with Crippen molar-refractivity contribution in [1.82, 2.24) is 0 Å². The lowest BCUT2D eigenvalue weighted by atomic mass is 9.73. The molecular weight excluding hydrogens is 296 g/mol. The number of para-hydroxylation sites is 2. The van der Waals surface area contributed by atoms with Crippen molar-refractivity contribution in [3.05, 3.63) is 53.6 Å². The monoisotopic (exact) mass is 320 g/mol. The molecule has 0 saturated carbocycles. The molecule has 0 unspecified atom stereocenters. The number of hydrogen-bond acceptors (Lipinski definition) is 3. The van der Waals surface area contributed by atoms with Crippen LogP contribution in [0.1, 0.15) is 44.2 Å². The van der Waals surface area contributed by atoms with Gasteiger partial charge in [-0.15, -0.1) is 0 Å². The summed E-state index contributed by atoms with van der Waals surface area (Å²) in [4.78, 5) is 7.20. The molecule has 3 nitrogen and oxygen atoms in total. The van der Waals surface area contributed by atoms with Crippen LogP contribution in [-0.2, 0) is 5.41 Å². The van der Waals surface area contributed by atoms with E-state index in [-0.39, 0.29) is 5.41 Å². The summed E-state index contributed by atoms with van der Waals surface area (Å²) in [6, 6.07) is 15.1. The molecule has 124 valence electrons. The molecule has 2 heterocycles. The van der Waals surface area contributed by atoms with E-state index < -0.39 is 0 Å². The summed E-state index contributed by atoms with van der Waals surface area (Å²) in [7, 11) is 1.75. The fourth-order valence-electron chi connectivity index (χ4n) is 4.02. The molecule has 2 aromatic rings. The zero-order chi connectivity index (χ0) is 16.7. The Morgan fingerprint density at radius 1 is 1.00 bits per heavy atom. The number of benzene rings is 2. The third-order valence-corrected chi connectivity index (χ3v) is 5.30. The highest BCUT2D eigenvalue weighted by Crippen LogP contribution is 2.52. The minimum absolute atomic E-state index is 0.0633. The average Bonchev–Trinajstić information content (AvgIpc) is 2.62. The molecule has 0 bridgehead atoms. The summed E-state index contributed by atoms with van der Waals surface area (Å²) in [5, 5.41) is 0. The third-order valence-electron chi connectivity index (χ3n) is 5.30. The summed E-state index contributed by atoms with van der Waals surface area (Å²) in [5.41, 5.74) is 4.98. The summed E-state index contributed by atoms with van der Waals surface area (Å²) < 4.78 is 5.75. The van der Waals surface area contributed by atoms with E-state index in [0.717, 1.165) is 30.2 Å². The molecule has 4 rings (SSSR count). The van der Waals surface area contributed by atoms with Gasteiger partial charge in [-0.1, -0.05) is 44.2 Å². The smallest absolute Gasteiger partial charge is 0.143 e. The van der Waals surface area contributed by atoms with E-state index in [4.69, 9.17) is 9.73 Å². The van der Waals surface area contributed by atoms with Gasteiger partial charge in [0.1, 0.15) is 11.6 Å². The third kappa shape index (κ3) is 2.15. The standard InChI is InChI=1S/C21H24N2O/c1-21(2)15-9-4-5-11-17(15)23(19-13-6-7-14-22-19)20-16(21)10-8-12-18(20)24-3/h4-5,8-12H,6-7,13-14H2,1-3H3. The van der Waals surface area contributed by atoms with Gasteiger partial charge in [-0.2, -0.15) is 0 Å². The number of nitrogens with zero attached hydrogens (tertiary/aromatic N) is 2. The molecule has 2 aliphatic heterocycles. The Morgan fingerprint density at radius 2 is 1.79 bits per heavy atom. The Hall–Kier alpha value is -2.29. The number of fused-ring (bicyclic) bond motifs is 2. The summed E-state index contributed by atoms with van der Waals surface area (Å²) >= 11 is 0. The lowest BCUT2D eigenvalue weighted by Gasteiger charge is -2.43. The highest BCUT2D eigenvalue weighted by atomic mass is 16.5. The van der Waals surface area contributed by atoms with Crippen LogP contribution in [0.3, 0.4) is 0 Å². The summed E-state index contributed by atoms with van der Waals surface area (Å²) in [5.74, 6) is 2.08. The van der Waals surface area contributed by atoms with Crippen molar-refractivity contribution in [1.29, 1.82) is 0 Å². The molecule has 24 heavy (non-hydrogen) atoms. The lowest BCUT2D eigenvalue weighted by molar-refractivity contribution is 0.414.